The monoisotopic (exact) mass is 415 g/mol. The second-order valence-electron chi connectivity index (χ2n) is 7.90. The van der Waals surface area contributed by atoms with Gasteiger partial charge in [0, 0.05) is 18.3 Å². The lowest BCUT2D eigenvalue weighted by atomic mass is 10.2. The molecule has 0 saturated carbocycles. The van der Waals surface area contributed by atoms with E-state index in [0.717, 1.165) is 42.6 Å². The fourth-order valence-corrected chi connectivity index (χ4v) is 4.06. The number of aryl methyl sites for hydroxylation is 2. The number of benzene rings is 1. The summed E-state index contributed by atoms with van der Waals surface area (Å²) in [7, 11) is 0. The van der Waals surface area contributed by atoms with Crippen LogP contribution in [0.15, 0.2) is 53.6 Å². The van der Waals surface area contributed by atoms with Gasteiger partial charge < -0.3 is 9.55 Å². The summed E-state index contributed by atoms with van der Waals surface area (Å²) in [6.07, 6.45) is 7.10. The van der Waals surface area contributed by atoms with Gasteiger partial charge in [-0.05, 0) is 25.0 Å². The number of H-pyrrole nitrogens is 1. The molecule has 0 radical (unpaired) electrons. The minimum Gasteiger partial charge on any atom is -0.349 e. The number of rotatable bonds is 7. The van der Waals surface area contributed by atoms with E-state index in [4.69, 9.17) is 0 Å². The maximum atomic E-state index is 13.2. The van der Waals surface area contributed by atoms with E-state index in [1.54, 1.807) is 11.3 Å². The van der Waals surface area contributed by atoms with E-state index in [1.807, 2.05) is 41.3 Å². The second kappa shape index (κ2) is 7.86. The normalized spacial score (nSPS) is 11.7. The lowest BCUT2D eigenvalue weighted by Gasteiger charge is -2.09. The zero-order valence-electron chi connectivity index (χ0n) is 17.7. The van der Waals surface area contributed by atoms with Gasteiger partial charge in [-0.3, -0.25) is 9.48 Å². The highest BCUT2D eigenvalue weighted by molar-refractivity contribution is 5.83. The molecule has 0 amide bonds. The number of unbranched alkanes of at least 4 members (excludes halogenated alkanes) is 2. The molecular formula is C23H25N7O. The Hall–Kier alpha value is -3.68. The molecule has 158 valence electrons. The second-order valence-corrected chi connectivity index (χ2v) is 7.90. The molecule has 1 aromatic carbocycles. The van der Waals surface area contributed by atoms with Gasteiger partial charge in [0.1, 0.15) is 11.3 Å². The fraction of sp³-hybridized carbons (Fsp3) is 0.304. The van der Waals surface area contributed by atoms with Crippen molar-refractivity contribution in [3.05, 3.63) is 70.5 Å². The minimum atomic E-state index is -0.123. The molecular weight excluding hydrogens is 390 g/mol. The van der Waals surface area contributed by atoms with Crippen LogP contribution < -0.4 is 5.56 Å². The third kappa shape index (κ3) is 3.43. The molecule has 5 rings (SSSR count). The summed E-state index contributed by atoms with van der Waals surface area (Å²) in [6, 6.07) is 12.2. The number of nitrogens with zero attached hydrogens (tertiary/aromatic N) is 6. The molecule has 0 bridgehead atoms. The predicted octanol–water partition coefficient (Wildman–Crippen LogP) is 3.78. The number of hydrogen-bond acceptors (Lipinski definition) is 4. The first-order valence-corrected chi connectivity index (χ1v) is 10.7. The summed E-state index contributed by atoms with van der Waals surface area (Å²) in [5.74, 6) is 1.19. The van der Waals surface area contributed by atoms with Crippen molar-refractivity contribution in [1.82, 2.24) is 33.9 Å². The van der Waals surface area contributed by atoms with Crippen molar-refractivity contribution in [3.63, 3.8) is 0 Å². The largest absolute Gasteiger partial charge is 0.349 e. The van der Waals surface area contributed by atoms with Gasteiger partial charge in [-0.1, -0.05) is 50.1 Å². The van der Waals surface area contributed by atoms with Crippen molar-refractivity contribution < 1.29 is 0 Å². The smallest absolute Gasteiger partial charge is 0.284 e. The third-order valence-electron chi connectivity index (χ3n) is 5.67. The molecule has 0 saturated heterocycles. The SMILES string of the molecule is CCCCCn1c2cc(-c3cnn(Cc4ccccc4)c3)[nH]c2c(=O)n2c(C)nnc12. The Morgan fingerprint density at radius 2 is 1.94 bits per heavy atom. The van der Waals surface area contributed by atoms with Crippen LogP contribution in [0.25, 0.3) is 28.1 Å². The van der Waals surface area contributed by atoms with Crippen molar-refractivity contribution in [1.29, 1.82) is 0 Å². The zero-order valence-corrected chi connectivity index (χ0v) is 17.7. The highest BCUT2D eigenvalue weighted by Gasteiger charge is 2.18. The van der Waals surface area contributed by atoms with Gasteiger partial charge in [0.2, 0.25) is 5.78 Å². The molecule has 0 aliphatic carbocycles. The molecule has 1 N–H and O–H groups in total. The summed E-state index contributed by atoms with van der Waals surface area (Å²) >= 11 is 0. The molecule has 5 aromatic rings. The maximum absolute atomic E-state index is 13.2. The first-order chi connectivity index (χ1) is 15.2. The van der Waals surface area contributed by atoms with Crippen molar-refractivity contribution in [2.24, 2.45) is 0 Å². The zero-order chi connectivity index (χ0) is 21.4. The Morgan fingerprint density at radius 1 is 1.10 bits per heavy atom. The quantitative estimate of drug-likeness (QED) is 0.410. The van der Waals surface area contributed by atoms with E-state index in [2.05, 4.69) is 43.9 Å². The lowest BCUT2D eigenvalue weighted by Crippen LogP contribution is -2.19. The number of aromatic amines is 1. The first-order valence-electron chi connectivity index (χ1n) is 10.7. The van der Waals surface area contributed by atoms with E-state index in [-0.39, 0.29) is 5.56 Å². The van der Waals surface area contributed by atoms with Gasteiger partial charge in [-0.25, -0.2) is 4.40 Å². The Labute approximate surface area is 179 Å². The highest BCUT2D eigenvalue weighted by atomic mass is 16.1. The number of hydrogen-bond donors (Lipinski definition) is 1. The van der Waals surface area contributed by atoms with E-state index < -0.39 is 0 Å². The van der Waals surface area contributed by atoms with Crippen molar-refractivity contribution >= 4 is 16.8 Å². The van der Waals surface area contributed by atoms with Gasteiger partial charge >= 0.3 is 0 Å². The molecule has 0 fully saturated rings. The Balaban J connectivity index is 1.58. The Bertz CT molecular complexity index is 1400. The van der Waals surface area contributed by atoms with Crippen molar-refractivity contribution in [2.75, 3.05) is 0 Å². The van der Waals surface area contributed by atoms with Crippen LogP contribution in [0.5, 0.6) is 0 Å². The van der Waals surface area contributed by atoms with E-state index in [0.29, 0.717) is 23.7 Å². The van der Waals surface area contributed by atoms with Gasteiger partial charge in [-0.2, -0.15) is 5.10 Å². The van der Waals surface area contributed by atoms with E-state index in [1.165, 1.54) is 5.56 Å². The van der Waals surface area contributed by atoms with Crippen LogP contribution in [-0.4, -0.2) is 33.9 Å². The number of nitrogens with one attached hydrogen (secondary N) is 1. The van der Waals surface area contributed by atoms with Crippen molar-refractivity contribution in [3.8, 4) is 11.3 Å². The lowest BCUT2D eigenvalue weighted by molar-refractivity contribution is 0.615. The average Bonchev–Trinajstić information content (AvgIpc) is 3.50. The van der Waals surface area contributed by atoms with Gasteiger partial charge in [0.25, 0.3) is 5.56 Å². The standard InChI is InChI=1S/C23H25N7O/c1-3-4-8-11-29-20-12-19(25-21(20)22(31)30-16(2)26-27-23(29)30)18-13-24-28(15-18)14-17-9-6-5-7-10-17/h5-7,9-10,12-13,15,25H,3-4,8,11,14H2,1-2H3. The molecule has 0 aliphatic rings. The van der Waals surface area contributed by atoms with Crippen LogP contribution in [0.4, 0.5) is 0 Å². The van der Waals surface area contributed by atoms with Crippen LogP contribution >= 0.6 is 0 Å². The Morgan fingerprint density at radius 3 is 2.74 bits per heavy atom. The summed E-state index contributed by atoms with van der Waals surface area (Å²) in [4.78, 5) is 16.5. The van der Waals surface area contributed by atoms with Crippen LogP contribution in [-0.2, 0) is 13.1 Å². The molecule has 0 atom stereocenters. The molecule has 31 heavy (non-hydrogen) atoms. The average molecular weight is 416 g/mol. The molecule has 8 nitrogen and oxygen atoms in total. The van der Waals surface area contributed by atoms with E-state index >= 15 is 0 Å². The minimum absolute atomic E-state index is 0.123. The van der Waals surface area contributed by atoms with E-state index in [9.17, 15) is 4.79 Å². The summed E-state index contributed by atoms with van der Waals surface area (Å²) in [5.41, 5.74) is 4.30. The summed E-state index contributed by atoms with van der Waals surface area (Å²) in [5, 5.41) is 12.9. The molecule has 0 unspecified atom stereocenters. The third-order valence-corrected chi connectivity index (χ3v) is 5.67. The topological polar surface area (TPSA) is 85.8 Å². The first kappa shape index (κ1) is 19.3. The van der Waals surface area contributed by atoms with Crippen LogP contribution in [0.1, 0.15) is 37.6 Å². The van der Waals surface area contributed by atoms with Crippen LogP contribution in [0.2, 0.25) is 0 Å². The molecule has 0 spiro atoms. The van der Waals surface area contributed by atoms with Gasteiger partial charge in [-0.15, -0.1) is 10.2 Å². The summed E-state index contributed by atoms with van der Waals surface area (Å²) < 4.78 is 5.60. The van der Waals surface area contributed by atoms with Gasteiger partial charge in [0.05, 0.1) is 24.0 Å². The molecule has 8 heteroatoms. The maximum Gasteiger partial charge on any atom is 0.284 e. The fourth-order valence-electron chi connectivity index (χ4n) is 4.06. The van der Waals surface area contributed by atoms with Crippen molar-refractivity contribution in [2.45, 2.75) is 46.2 Å². The Kier molecular flexibility index (Phi) is 4.89. The molecule has 0 aliphatic heterocycles. The number of aromatic nitrogens is 7. The summed E-state index contributed by atoms with van der Waals surface area (Å²) in [6.45, 7) is 5.47. The molecule has 4 aromatic heterocycles. The highest BCUT2D eigenvalue weighted by Crippen LogP contribution is 2.24. The van der Waals surface area contributed by atoms with Crippen LogP contribution in [0.3, 0.4) is 0 Å². The van der Waals surface area contributed by atoms with Gasteiger partial charge in [0.15, 0.2) is 0 Å². The predicted molar refractivity (Wildman–Crippen MR) is 120 cm³/mol. The molecule has 4 heterocycles. The number of fused-ring (bicyclic) bond motifs is 2. The van der Waals surface area contributed by atoms with Crippen LogP contribution in [0, 0.1) is 6.92 Å².